The van der Waals surface area contributed by atoms with Crippen LogP contribution in [0.4, 0.5) is 0 Å². The third-order valence-corrected chi connectivity index (χ3v) is 5.75. The van der Waals surface area contributed by atoms with Gasteiger partial charge in [0.1, 0.15) is 17.4 Å². The Kier molecular flexibility index (Phi) is 8.05. The van der Waals surface area contributed by atoms with Gasteiger partial charge in [0.05, 0.1) is 28.1 Å². The summed E-state index contributed by atoms with van der Waals surface area (Å²) in [6.07, 6.45) is 4.61. The second-order valence-corrected chi connectivity index (χ2v) is 7.97. The number of Topliss-reactive ketones (excluding diaryl/α,β-unsaturated/α-hetero) is 2. The van der Waals surface area contributed by atoms with Crippen molar-refractivity contribution >= 4 is 50.9 Å². The molecule has 2 rings (SSSR count). The molecule has 1 aromatic carbocycles. The number of benzene rings is 1. The lowest BCUT2D eigenvalue weighted by atomic mass is 9.98. The summed E-state index contributed by atoms with van der Waals surface area (Å²) >= 11 is 10.7. The van der Waals surface area contributed by atoms with E-state index in [4.69, 9.17) is 21.1 Å². The molecule has 1 aromatic rings. The van der Waals surface area contributed by atoms with Gasteiger partial charge in [0.25, 0.3) is 0 Å². The Morgan fingerprint density at radius 3 is 2.65 bits per heavy atom. The molecule has 0 bridgehead atoms. The second-order valence-electron chi connectivity index (χ2n) is 5.99. The Hall–Kier alpha value is -0.980. The van der Waals surface area contributed by atoms with Crippen molar-refractivity contribution in [2.45, 2.75) is 37.7 Å². The Morgan fingerprint density at radius 2 is 2.12 bits per heavy atom. The Bertz CT molecular complexity index is 716. The number of hydrogen-bond donors (Lipinski definition) is 0. The zero-order chi connectivity index (χ0) is 19.3. The first kappa shape index (κ1) is 21.3. The third kappa shape index (κ3) is 5.05. The van der Waals surface area contributed by atoms with Gasteiger partial charge in [-0.25, -0.2) is 0 Å². The number of ether oxygens (including phenoxy) is 2. The average Bonchev–Trinajstić information content (AvgIpc) is 3.48. The fraction of sp³-hybridized carbons (Fsp3) is 0.474. The Labute approximate surface area is 171 Å². The maximum Gasteiger partial charge on any atom is 0.200 e. The van der Waals surface area contributed by atoms with Crippen LogP contribution in [0.25, 0.3) is 0 Å². The minimum Gasteiger partial charge on any atom is -0.501 e. The molecule has 1 unspecified atom stereocenters. The summed E-state index contributed by atoms with van der Waals surface area (Å²) in [5.74, 6) is 0.344. The van der Waals surface area contributed by atoms with Gasteiger partial charge in [-0.3, -0.25) is 9.59 Å². The van der Waals surface area contributed by atoms with Gasteiger partial charge in [-0.15, -0.1) is 23.4 Å². The smallest absolute Gasteiger partial charge is 0.200 e. The summed E-state index contributed by atoms with van der Waals surface area (Å²) in [4.78, 5) is 26.4. The number of thioether (sulfide) groups is 1. The third-order valence-electron chi connectivity index (χ3n) is 3.88. The van der Waals surface area contributed by atoms with Crippen LogP contribution in [0.1, 0.15) is 37.0 Å². The maximum atomic E-state index is 13.1. The van der Waals surface area contributed by atoms with Crippen molar-refractivity contribution in [1.29, 1.82) is 0 Å². The molecule has 1 aliphatic rings. The number of alkyl halides is 1. The fourth-order valence-electron chi connectivity index (χ4n) is 2.36. The van der Waals surface area contributed by atoms with Gasteiger partial charge < -0.3 is 9.47 Å². The van der Waals surface area contributed by atoms with Crippen LogP contribution in [-0.4, -0.2) is 36.4 Å². The summed E-state index contributed by atoms with van der Waals surface area (Å²) in [5, 5.41) is 0. The van der Waals surface area contributed by atoms with E-state index in [-0.39, 0.29) is 29.2 Å². The zero-order valence-corrected chi connectivity index (χ0v) is 18.2. The van der Waals surface area contributed by atoms with E-state index >= 15 is 0 Å². The number of hydrogen-bond acceptors (Lipinski definition) is 5. The van der Waals surface area contributed by atoms with E-state index in [9.17, 15) is 9.59 Å². The summed E-state index contributed by atoms with van der Waals surface area (Å²) in [6, 6.07) is 3.46. The quantitative estimate of drug-likeness (QED) is 0.0905. The molecule has 0 spiro atoms. The lowest BCUT2D eigenvalue weighted by molar-refractivity contribution is -0.116. The van der Waals surface area contributed by atoms with Crippen LogP contribution in [0.2, 0.25) is 0 Å². The SMILES string of the molecule is CCOC=C(C(=O)c1ccc(Br)c(OC(C)CCl)c1SC)C(=O)C1CC1. The van der Waals surface area contributed by atoms with Crippen molar-refractivity contribution in [1.82, 2.24) is 0 Å². The van der Waals surface area contributed by atoms with E-state index in [1.165, 1.54) is 18.0 Å². The van der Waals surface area contributed by atoms with E-state index in [1.54, 1.807) is 12.1 Å². The fourth-order valence-corrected chi connectivity index (χ4v) is 3.71. The van der Waals surface area contributed by atoms with Gasteiger partial charge >= 0.3 is 0 Å². The predicted molar refractivity (Wildman–Crippen MR) is 109 cm³/mol. The topological polar surface area (TPSA) is 52.6 Å². The highest BCUT2D eigenvalue weighted by Crippen LogP contribution is 2.40. The predicted octanol–water partition coefficient (Wildman–Crippen LogP) is 5.26. The number of carbonyl (C=O) groups excluding carboxylic acids is 2. The molecule has 142 valence electrons. The number of ketones is 2. The van der Waals surface area contributed by atoms with Crippen LogP contribution in [0.5, 0.6) is 5.75 Å². The molecule has 7 heteroatoms. The molecule has 0 N–H and O–H groups in total. The van der Waals surface area contributed by atoms with Crippen molar-refractivity contribution in [2.75, 3.05) is 18.7 Å². The molecule has 1 atom stereocenters. The molecular formula is C19H22BrClO4S. The first-order valence-corrected chi connectivity index (χ1v) is 11.0. The first-order valence-electron chi connectivity index (χ1n) is 8.44. The Morgan fingerprint density at radius 1 is 1.42 bits per heavy atom. The van der Waals surface area contributed by atoms with Gasteiger partial charge in [0.2, 0.25) is 5.78 Å². The average molecular weight is 462 g/mol. The van der Waals surface area contributed by atoms with Crippen molar-refractivity contribution < 1.29 is 19.1 Å². The molecule has 1 aliphatic carbocycles. The lowest BCUT2D eigenvalue weighted by Gasteiger charge is -2.19. The second kappa shape index (κ2) is 9.81. The lowest BCUT2D eigenvalue weighted by Crippen LogP contribution is -2.18. The van der Waals surface area contributed by atoms with Crippen LogP contribution >= 0.6 is 39.3 Å². The van der Waals surface area contributed by atoms with Crippen LogP contribution in [0.3, 0.4) is 0 Å². The molecule has 0 heterocycles. The number of halogens is 2. The van der Waals surface area contributed by atoms with Crippen LogP contribution in [-0.2, 0) is 9.53 Å². The summed E-state index contributed by atoms with van der Waals surface area (Å²) < 4.78 is 11.9. The summed E-state index contributed by atoms with van der Waals surface area (Å²) in [5.41, 5.74) is 0.528. The van der Waals surface area contributed by atoms with Crippen molar-refractivity contribution in [3.8, 4) is 5.75 Å². The minimum atomic E-state index is -0.337. The van der Waals surface area contributed by atoms with Crippen LogP contribution in [0, 0.1) is 5.92 Å². The van der Waals surface area contributed by atoms with Crippen molar-refractivity contribution in [2.24, 2.45) is 5.92 Å². The largest absolute Gasteiger partial charge is 0.501 e. The number of allylic oxidation sites excluding steroid dienone is 1. The molecule has 0 aromatic heterocycles. The van der Waals surface area contributed by atoms with Gasteiger partial charge in [-0.2, -0.15) is 0 Å². The molecule has 1 fully saturated rings. The van der Waals surface area contributed by atoms with Gasteiger partial charge in [-0.1, -0.05) is 0 Å². The highest BCUT2D eigenvalue weighted by atomic mass is 79.9. The van der Waals surface area contributed by atoms with Crippen molar-refractivity contribution in [3.05, 3.63) is 34.0 Å². The van der Waals surface area contributed by atoms with E-state index in [2.05, 4.69) is 15.9 Å². The van der Waals surface area contributed by atoms with E-state index in [1.807, 2.05) is 20.1 Å². The molecular weight excluding hydrogens is 440 g/mol. The van der Waals surface area contributed by atoms with Gasteiger partial charge in [-0.05, 0) is 61.0 Å². The molecule has 0 amide bonds. The first-order chi connectivity index (χ1) is 12.4. The van der Waals surface area contributed by atoms with E-state index < -0.39 is 0 Å². The Balaban J connectivity index is 2.45. The van der Waals surface area contributed by atoms with E-state index in [0.29, 0.717) is 28.7 Å². The molecule has 0 radical (unpaired) electrons. The number of carbonyl (C=O) groups is 2. The van der Waals surface area contributed by atoms with Crippen LogP contribution in [0.15, 0.2) is 33.3 Å². The van der Waals surface area contributed by atoms with E-state index in [0.717, 1.165) is 17.3 Å². The number of rotatable bonds is 10. The van der Waals surface area contributed by atoms with Gasteiger partial charge in [0, 0.05) is 11.5 Å². The standard InChI is InChI=1S/C19H22BrClO4S/c1-4-24-10-14(16(22)12-5-6-12)17(23)13-7-8-15(20)18(19(13)26-3)25-11(2)9-21/h7-8,10-12H,4-6,9H2,1-3H3. The summed E-state index contributed by atoms with van der Waals surface area (Å²) in [7, 11) is 0. The minimum absolute atomic E-state index is 0.0641. The molecule has 4 nitrogen and oxygen atoms in total. The molecule has 26 heavy (non-hydrogen) atoms. The highest BCUT2D eigenvalue weighted by Gasteiger charge is 2.36. The molecule has 1 saturated carbocycles. The molecule has 0 saturated heterocycles. The van der Waals surface area contributed by atoms with Crippen LogP contribution < -0.4 is 4.74 Å². The van der Waals surface area contributed by atoms with Gasteiger partial charge in [0.15, 0.2) is 5.78 Å². The highest BCUT2D eigenvalue weighted by molar-refractivity contribution is 9.10. The summed E-state index contributed by atoms with van der Waals surface area (Å²) in [6.45, 7) is 4.06. The maximum absolute atomic E-state index is 13.1. The normalized spacial score (nSPS) is 15.5. The monoisotopic (exact) mass is 460 g/mol. The van der Waals surface area contributed by atoms with Crippen molar-refractivity contribution in [3.63, 3.8) is 0 Å². The molecule has 0 aliphatic heterocycles. The zero-order valence-electron chi connectivity index (χ0n) is 15.0.